The highest BCUT2D eigenvalue weighted by molar-refractivity contribution is 7.89. The zero-order chi connectivity index (χ0) is 26.7. The molecule has 0 saturated carbocycles. The molecule has 1 N–H and O–H groups in total. The summed E-state index contributed by atoms with van der Waals surface area (Å²) in [4.78, 5) is 28.0. The van der Waals surface area contributed by atoms with Gasteiger partial charge in [-0.25, -0.2) is 8.42 Å². The van der Waals surface area contributed by atoms with Crippen molar-refractivity contribution in [2.45, 2.75) is 57.6 Å². The zero-order valence-corrected chi connectivity index (χ0v) is 22.6. The minimum absolute atomic E-state index is 0.111. The van der Waals surface area contributed by atoms with Gasteiger partial charge in [0.15, 0.2) is 0 Å². The first kappa shape index (κ1) is 27.4. The number of carbonyl (C=O) groups is 2. The summed E-state index contributed by atoms with van der Waals surface area (Å²) in [6.07, 6.45) is 0. The maximum atomic E-state index is 13.5. The Morgan fingerprint density at radius 3 is 2.25 bits per heavy atom. The fourth-order valence-corrected chi connectivity index (χ4v) is 5.09. The van der Waals surface area contributed by atoms with Crippen molar-refractivity contribution >= 4 is 32.6 Å². The molecule has 8 heteroatoms. The average molecular weight is 510 g/mol. The molecule has 3 rings (SSSR count). The molecule has 3 aromatic rings. The molecule has 0 aromatic heterocycles. The van der Waals surface area contributed by atoms with Crippen molar-refractivity contribution in [2.75, 3.05) is 13.6 Å². The second kappa shape index (κ2) is 10.8. The Hall–Kier alpha value is -3.23. The van der Waals surface area contributed by atoms with E-state index in [4.69, 9.17) is 0 Å². The maximum Gasteiger partial charge on any atom is 0.243 e. The number of hydrogen-bond donors (Lipinski definition) is 1. The lowest BCUT2D eigenvalue weighted by atomic mass is 10.1. The lowest BCUT2D eigenvalue weighted by Crippen LogP contribution is -2.54. The molecule has 0 heterocycles. The molecule has 0 aliphatic carbocycles. The Balaban J connectivity index is 1.86. The molecule has 0 bridgehead atoms. The first-order valence-electron chi connectivity index (χ1n) is 11.9. The molecule has 7 nitrogen and oxygen atoms in total. The van der Waals surface area contributed by atoms with Crippen LogP contribution >= 0.6 is 0 Å². The summed E-state index contributed by atoms with van der Waals surface area (Å²) in [5, 5.41) is 4.64. The van der Waals surface area contributed by atoms with Gasteiger partial charge in [-0.2, -0.15) is 4.31 Å². The number of sulfonamides is 1. The summed E-state index contributed by atoms with van der Waals surface area (Å²) in [6, 6.07) is 19.3. The van der Waals surface area contributed by atoms with Crippen LogP contribution in [-0.2, 0) is 26.2 Å². The van der Waals surface area contributed by atoms with Gasteiger partial charge in [-0.3, -0.25) is 9.59 Å². The van der Waals surface area contributed by atoms with Crippen molar-refractivity contribution < 1.29 is 18.0 Å². The van der Waals surface area contributed by atoms with Gasteiger partial charge in [0.1, 0.15) is 6.04 Å². The molecular weight excluding hydrogens is 474 g/mol. The van der Waals surface area contributed by atoms with Crippen molar-refractivity contribution in [3.63, 3.8) is 0 Å². The van der Waals surface area contributed by atoms with Crippen LogP contribution in [0, 0.1) is 6.92 Å². The summed E-state index contributed by atoms with van der Waals surface area (Å²) < 4.78 is 27.6. The van der Waals surface area contributed by atoms with Gasteiger partial charge in [0, 0.05) is 19.1 Å². The zero-order valence-electron chi connectivity index (χ0n) is 21.8. The molecule has 0 aliphatic heterocycles. The first-order chi connectivity index (χ1) is 16.8. The van der Waals surface area contributed by atoms with Crippen molar-refractivity contribution in [1.82, 2.24) is 14.5 Å². The van der Waals surface area contributed by atoms with Crippen LogP contribution in [0.2, 0.25) is 0 Å². The average Bonchev–Trinajstić information content (AvgIpc) is 2.80. The van der Waals surface area contributed by atoms with Crippen LogP contribution in [0.15, 0.2) is 71.6 Å². The smallest absolute Gasteiger partial charge is 0.243 e. The summed E-state index contributed by atoms with van der Waals surface area (Å²) in [6.45, 7) is 9.01. The van der Waals surface area contributed by atoms with Crippen molar-refractivity contribution in [3.8, 4) is 0 Å². The van der Waals surface area contributed by atoms with Gasteiger partial charge in [-0.15, -0.1) is 0 Å². The predicted molar refractivity (Wildman–Crippen MR) is 143 cm³/mol. The van der Waals surface area contributed by atoms with E-state index in [1.807, 2.05) is 76.2 Å². The summed E-state index contributed by atoms with van der Waals surface area (Å²) in [5.41, 5.74) is 1.42. The molecule has 1 atom stereocenters. The van der Waals surface area contributed by atoms with E-state index in [1.54, 1.807) is 25.1 Å². The highest BCUT2D eigenvalue weighted by Crippen LogP contribution is 2.22. The molecule has 192 valence electrons. The Morgan fingerprint density at radius 2 is 1.61 bits per heavy atom. The number of hydrogen-bond acceptors (Lipinski definition) is 4. The van der Waals surface area contributed by atoms with Gasteiger partial charge in [0.05, 0.1) is 11.4 Å². The number of nitrogens with one attached hydrogen (secondary N) is 1. The Kier molecular flexibility index (Phi) is 8.21. The number of amides is 2. The van der Waals surface area contributed by atoms with E-state index >= 15 is 0 Å². The van der Waals surface area contributed by atoms with Crippen molar-refractivity contribution in [1.29, 1.82) is 0 Å². The van der Waals surface area contributed by atoms with Crippen LogP contribution in [0.5, 0.6) is 0 Å². The van der Waals surface area contributed by atoms with Crippen LogP contribution < -0.4 is 5.32 Å². The topological polar surface area (TPSA) is 86.8 Å². The van der Waals surface area contributed by atoms with E-state index in [0.29, 0.717) is 0 Å². The molecule has 0 radical (unpaired) electrons. The molecular formula is C28H35N3O4S. The molecule has 0 aliphatic rings. The monoisotopic (exact) mass is 509 g/mol. The Labute approximate surface area is 214 Å². The van der Waals surface area contributed by atoms with Crippen LogP contribution in [0.25, 0.3) is 10.8 Å². The lowest BCUT2D eigenvalue weighted by molar-refractivity contribution is -0.141. The largest absolute Gasteiger partial charge is 0.350 e. The van der Waals surface area contributed by atoms with E-state index in [-0.39, 0.29) is 17.3 Å². The fourth-order valence-electron chi connectivity index (χ4n) is 3.94. The first-order valence-corrected chi connectivity index (χ1v) is 13.3. The maximum absolute atomic E-state index is 13.5. The second-order valence-electron chi connectivity index (χ2n) is 10.2. The summed E-state index contributed by atoms with van der Waals surface area (Å²) in [5.74, 6) is -0.761. The fraction of sp³-hybridized carbons (Fsp3) is 0.357. The van der Waals surface area contributed by atoms with Gasteiger partial charge < -0.3 is 10.2 Å². The van der Waals surface area contributed by atoms with E-state index in [1.165, 1.54) is 11.9 Å². The van der Waals surface area contributed by atoms with Gasteiger partial charge in [0.2, 0.25) is 21.8 Å². The van der Waals surface area contributed by atoms with Gasteiger partial charge >= 0.3 is 0 Å². The second-order valence-corrected chi connectivity index (χ2v) is 12.2. The number of fused-ring (bicyclic) bond motifs is 1. The number of rotatable bonds is 8. The molecule has 0 spiro atoms. The van der Waals surface area contributed by atoms with E-state index in [2.05, 4.69) is 5.32 Å². The summed E-state index contributed by atoms with van der Waals surface area (Å²) >= 11 is 0. The number of aryl methyl sites for hydroxylation is 1. The van der Waals surface area contributed by atoms with E-state index in [0.717, 1.165) is 26.2 Å². The van der Waals surface area contributed by atoms with Crippen molar-refractivity contribution in [2.24, 2.45) is 0 Å². The molecule has 3 aromatic carbocycles. The van der Waals surface area contributed by atoms with E-state index in [9.17, 15) is 18.0 Å². The number of carbonyl (C=O) groups excluding carboxylic acids is 2. The Morgan fingerprint density at radius 1 is 0.944 bits per heavy atom. The number of likely N-dealkylation sites (N-methyl/N-ethyl adjacent to an activating group) is 1. The van der Waals surface area contributed by atoms with Crippen LogP contribution in [0.4, 0.5) is 0 Å². The molecule has 36 heavy (non-hydrogen) atoms. The van der Waals surface area contributed by atoms with Crippen molar-refractivity contribution in [3.05, 3.63) is 77.9 Å². The standard InChI is InChI=1S/C28H35N3O4S/c1-20-10-9-11-22(16-20)18-31(21(2)27(33)29-28(3,4)5)26(32)19-30(6)36(34,35)25-15-14-23-12-7-8-13-24(23)17-25/h7-17,21H,18-19H2,1-6H3,(H,29,33)/t21-/m0/s1. The van der Waals surface area contributed by atoms with Gasteiger partial charge in [-0.05, 0) is 63.1 Å². The Bertz CT molecular complexity index is 1360. The SMILES string of the molecule is Cc1cccc(CN(C(=O)CN(C)S(=O)(=O)c2ccc3ccccc3c2)[C@@H](C)C(=O)NC(C)(C)C)c1. The normalized spacial score (nSPS) is 13.0. The number of nitrogens with zero attached hydrogens (tertiary/aromatic N) is 2. The molecule has 2 amide bonds. The van der Waals surface area contributed by atoms with Gasteiger partial charge in [0.25, 0.3) is 0 Å². The molecule has 0 unspecified atom stereocenters. The number of benzene rings is 3. The van der Waals surface area contributed by atoms with Crippen LogP contribution in [0.3, 0.4) is 0 Å². The van der Waals surface area contributed by atoms with Crippen LogP contribution in [0.1, 0.15) is 38.8 Å². The third kappa shape index (κ3) is 6.71. The highest BCUT2D eigenvalue weighted by Gasteiger charge is 2.31. The van der Waals surface area contributed by atoms with E-state index < -0.39 is 34.1 Å². The van der Waals surface area contributed by atoms with Gasteiger partial charge in [-0.1, -0.05) is 60.2 Å². The highest BCUT2D eigenvalue weighted by atomic mass is 32.2. The van der Waals surface area contributed by atoms with Crippen LogP contribution in [-0.4, -0.2) is 54.6 Å². The lowest BCUT2D eigenvalue weighted by Gasteiger charge is -2.32. The third-order valence-corrected chi connectivity index (χ3v) is 7.69. The minimum atomic E-state index is -3.93. The summed E-state index contributed by atoms with van der Waals surface area (Å²) in [7, 11) is -2.55. The third-order valence-electron chi connectivity index (χ3n) is 5.89. The quantitative estimate of drug-likeness (QED) is 0.495. The molecule has 0 saturated heterocycles. The minimum Gasteiger partial charge on any atom is -0.350 e. The predicted octanol–water partition coefficient (Wildman–Crippen LogP) is 4.10. The molecule has 0 fully saturated rings.